The summed E-state index contributed by atoms with van der Waals surface area (Å²) >= 11 is 0. The van der Waals surface area contributed by atoms with Gasteiger partial charge in [0.2, 0.25) is 0 Å². The summed E-state index contributed by atoms with van der Waals surface area (Å²) in [5.74, 6) is 0.368. The zero-order valence-corrected chi connectivity index (χ0v) is 13.8. The topological polar surface area (TPSA) is 47.7 Å². The fraction of sp³-hybridized carbons (Fsp3) is 0.647. The lowest BCUT2D eigenvalue weighted by molar-refractivity contribution is 0.0425. The minimum atomic E-state index is 0.271. The van der Waals surface area contributed by atoms with Gasteiger partial charge in [0.25, 0.3) is 0 Å². The van der Waals surface area contributed by atoms with Gasteiger partial charge < -0.3 is 15.2 Å². The third-order valence-corrected chi connectivity index (χ3v) is 4.10. The Morgan fingerprint density at radius 1 is 1.10 bits per heavy atom. The number of rotatable bonds is 10. The monoisotopic (exact) mass is 294 g/mol. The average Bonchev–Trinajstić information content (AvgIpc) is 2.52. The molecule has 0 aliphatic heterocycles. The number of nitrogens with two attached hydrogens (primary N) is 1. The number of hydrogen-bond acceptors (Lipinski definition) is 4. The number of methoxy groups -OCH3 is 2. The zero-order chi connectivity index (χ0) is 15.7. The van der Waals surface area contributed by atoms with Gasteiger partial charge in [0, 0.05) is 39.4 Å². The zero-order valence-electron chi connectivity index (χ0n) is 13.8. The van der Waals surface area contributed by atoms with Crippen molar-refractivity contribution >= 4 is 0 Å². The van der Waals surface area contributed by atoms with Crippen molar-refractivity contribution in [1.29, 1.82) is 0 Å². The Balaban J connectivity index is 2.88. The summed E-state index contributed by atoms with van der Waals surface area (Å²) < 4.78 is 10.6. The second-order valence-electron chi connectivity index (χ2n) is 5.54. The molecule has 120 valence electrons. The van der Waals surface area contributed by atoms with Crippen molar-refractivity contribution in [3.63, 3.8) is 0 Å². The van der Waals surface area contributed by atoms with Crippen molar-refractivity contribution in [3.05, 3.63) is 35.9 Å². The smallest absolute Gasteiger partial charge is 0.0615 e. The highest BCUT2D eigenvalue weighted by Gasteiger charge is 2.27. The molecule has 2 N–H and O–H groups in total. The summed E-state index contributed by atoms with van der Waals surface area (Å²) in [7, 11) is 3.47. The molecule has 3 unspecified atom stereocenters. The van der Waals surface area contributed by atoms with Gasteiger partial charge in [-0.15, -0.1) is 0 Å². The van der Waals surface area contributed by atoms with Crippen LogP contribution in [0, 0.1) is 0 Å². The predicted molar refractivity (Wildman–Crippen MR) is 87.6 cm³/mol. The van der Waals surface area contributed by atoms with E-state index < -0.39 is 0 Å². The van der Waals surface area contributed by atoms with E-state index in [0.717, 1.165) is 6.54 Å². The second kappa shape index (κ2) is 9.90. The number of ether oxygens (including phenoxy) is 2. The molecule has 4 nitrogen and oxygen atoms in total. The third-order valence-electron chi connectivity index (χ3n) is 4.10. The molecule has 0 spiro atoms. The quantitative estimate of drug-likeness (QED) is 0.718. The minimum Gasteiger partial charge on any atom is -0.383 e. The van der Waals surface area contributed by atoms with E-state index in [4.69, 9.17) is 15.2 Å². The van der Waals surface area contributed by atoms with E-state index in [-0.39, 0.29) is 6.04 Å². The van der Waals surface area contributed by atoms with Gasteiger partial charge in [0.15, 0.2) is 0 Å². The summed E-state index contributed by atoms with van der Waals surface area (Å²) in [6, 6.07) is 11.1. The van der Waals surface area contributed by atoms with Crippen LogP contribution in [0.3, 0.4) is 0 Å². The highest BCUT2D eigenvalue weighted by molar-refractivity contribution is 5.20. The molecular formula is C17H30N2O2. The maximum absolute atomic E-state index is 6.09. The van der Waals surface area contributed by atoms with Crippen LogP contribution in [0.1, 0.15) is 25.3 Å². The molecule has 0 fully saturated rings. The fourth-order valence-corrected chi connectivity index (χ4v) is 2.85. The SMILES string of the molecule is COCCN(C(C)COC)C(CN)C(C)c1ccccc1. The summed E-state index contributed by atoms with van der Waals surface area (Å²) in [5, 5.41) is 0. The summed E-state index contributed by atoms with van der Waals surface area (Å²) in [6.45, 7) is 7.30. The van der Waals surface area contributed by atoms with Crippen molar-refractivity contribution in [3.8, 4) is 0 Å². The Morgan fingerprint density at radius 3 is 2.29 bits per heavy atom. The molecule has 0 aliphatic carbocycles. The van der Waals surface area contributed by atoms with Crippen LogP contribution in [0.15, 0.2) is 30.3 Å². The second-order valence-corrected chi connectivity index (χ2v) is 5.54. The molecule has 0 bridgehead atoms. The van der Waals surface area contributed by atoms with Crippen LogP contribution < -0.4 is 5.73 Å². The van der Waals surface area contributed by atoms with E-state index >= 15 is 0 Å². The van der Waals surface area contributed by atoms with Crippen LogP contribution in [0.5, 0.6) is 0 Å². The molecule has 0 amide bonds. The summed E-state index contributed by atoms with van der Waals surface area (Å²) in [5.41, 5.74) is 7.41. The maximum Gasteiger partial charge on any atom is 0.0615 e. The van der Waals surface area contributed by atoms with Crippen LogP contribution >= 0.6 is 0 Å². The van der Waals surface area contributed by atoms with E-state index in [1.807, 2.05) is 6.07 Å². The van der Waals surface area contributed by atoms with Crippen LogP contribution in [-0.2, 0) is 9.47 Å². The highest BCUT2D eigenvalue weighted by Crippen LogP contribution is 2.24. The average molecular weight is 294 g/mol. The van der Waals surface area contributed by atoms with Gasteiger partial charge in [-0.2, -0.15) is 0 Å². The van der Waals surface area contributed by atoms with Crippen LogP contribution in [0.4, 0.5) is 0 Å². The van der Waals surface area contributed by atoms with Crippen LogP contribution in [-0.4, -0.2) is 57.5 Å². The third kappa shape index (κ3) is 5.40. The normalized spacial score (nSPS) is 15.9. The van der Waals surface area contributed by atoms with E-state index in [0.29, 0.717) is 31.7 Å². The first-order chi connectivity index (χ1) is 10.2. The van der Waals surface area contributed by atoms with Crippen molar-refractivity contribution in [2.45, 2.75) is 31.8 Å². The van der Waals surface area contributed by atoms with Gasteiger partial charge in [-0.3, -0.25) is 4.90 Å². The van der Waals surface area contributed by atoms with Crippen LogP contribution in [0.2, 0.25) is 0 Å². The molecule has 0 saturated heterocycles. The van der Waals surface area contributed by atoms with Gasteiger partial charge in [-0.1, -0.05) is 37.3 Å². The lowest BCUT2D eigenvalue weighted by atomic mass is 9.91. The van der Waals surface area contributed by atoms with E-state index in [1.165, 1.54) is 5.56 Å². The molecule has 1 rings (SSSR count). The lowest BCUT2D eigenvalue weighted by Gasteiger charge is -2.39. The first-order valence-corrected chi connectivity index (χ1v) is 7.64. The van der Waals surface area contributed by atoms with E-state index in [1.54, 1.807) is 14.2 Å². The predicted octanol–water partition coefficient (Wildman–Crippen LogP) is 2.10. The number of benzene rings is 1. The minimum absolute atomic E-state index is 0.271. The lowest BCUT2D eigenvalue weighted by Crippen LogP contribution is -2.51. The standard InChI is InChI=1S/C17H30N2O2/c1-14(13-21-4)19(10-11-20-3)17(12-18)15(2)16-8-6-5-7-9-16/h5-9,14-15,17H,10-13,18H2,1-4H3. The number of nitrogens with zero attached hydrogens (tertiary/aromatic N) is 1. The molecule has 0 aliphatic rings. The molecule has 3 atom stereocenters. The van der Waals surface area contributed by atoms with Crippen molar-refractivity contribution < 1.29 is 9.47 Å². The molecule has 1 aromatic carbocycles. The molecule has 1 aromatic rings. The molecule has 0 saturated carbocycles. The summed E-state index contributed by atoms with van der Waals surface area (Å²) in [4.78, 5) is 2.41. The molecule has 4 heteroatoms. The van der Waals surface area contributed by atoms with Crippen molar-refractivity contribution in [2.24, 2.45) is 5.73 Å². The Bertz CT molecular complexity index is 372. The maximum atomic E-state index is 6.09. The van der Waals surface area contributed by atoms with Crippen LogP contribution in [0.25, 0.3) is 0 Å². The van der Waals surface area contributed by atoms with Crippen molar-refractivity contribution in [1.82, 2.24) is 4.90 Å². The molecular weight excluding hydrogens is 264 g/mol. The molecule has 0 radical (unpaired) electrons. The largest absolute Gasteiger partial charge is 0.383 e. The first kappa shape index (κ1) is 18.1. The number of hydrogen-bond donors (Lipinski definition) is 1. The van der Waals surface area contributed by atoms with E-state index in [2.05, 4.69) is 43.0 Å². The van der Waals surface area contributed by atoms with Gasteiger partial charge in [-0.25, -0.2) is 0 Å². The van der Waals surface area contributed by atoms with Gasteiger partial charge in [0.1, 0.15) is 0 Å². The van der Waals surface area contributed by atoms with Gasteiger partial charge in [0.05, 0.1) is 13.2 Å². The Morgan fingerprint density at radius 2 is 1.76 bits per heavy atom. The first-order valence-electron chi connectivity index (χ1n) is 7.64. The Hall–Kier alpha value is -0.940. The molecule has 0 aromatic heterocycles. The highest BCUT2D eigenvalue weighted by atomic mass is 16.5. The van der Waals surface area contributed by atoms with E-state index in [9.17, 15) is 0 Å². The fourth-order valence-electron chi connectivity index (χ4n) is 2.85. The van der Waals surface area contributed by atoms with Crippen molar-refractivity contribution in [2.75, 3.05) is 40.5 Å². The summed E-state index contributed by atoms with van der Waals surface area (Å²) in [6.07, 6.45) is 0. The molecule has 21 heavy (non-hydrogen) atoms. The molecule has 0 heterocycles. The Labute approximate surface area is 129 Å². The van der Waals surface area contributed by atoms with Gasteiger partial charge in [-0.05, 0) is 18.4 Å². The van der Waals surface area contributed by atoms with Gasteiger partial charge >= 0.3 is 0 Å². The Kier molecular flexibility index (Phi) is 8.54.